The van der Waals surface area contributed by atoms with Crippen LogP contribution in [0.25, 0.3) is 0 Å². The van der Waals surface area contributed by atoms with Crippen molar-refractivity contribution in [2.75, 3.05) is 44.2 Å². The topological polar surface area (TPSA) is 36.0 Å². The fourth-order valence-electron chi connectivity index (χ4n) is 4.86. The highest BCUT2D eigenvalue weighted by atomic mass is 35.5. The average Bonchev–Trinajstić information content (AvgIpc) is 3.39. The number of ether oxygens (including phenoxy) is 1. The summed E-state index contributed by atoms with van der Waals surface area (Å²) in [7, 11) is 0. The summed E-state index contributed by atoms with van der Waals surface area (Å²) in [6.07, 6.45) is 2.45. The number of piperazine rings is 1. The molecule has 7 heteroatoms. The molecule has 35 heavy (non-hydrogen) atoms. The Morgan fingerprint density at radius 3 is 2.40 bits per heavy atom. The Balaban J connectivity index is 1.04. The highest BCUT2D eigenvalue weighted by Gasteiger charge is 2.24. The van der Waals surface area contributed by atoms with Crippen LogP contribution in [0.3, 0.4) is 0 Å². The third-order valence-electron chi connectivity index (χ3n) is 6.88. The molecular formula is C28H32ClN3O2S. The number of rotatable bonds is 7. The molecule has 2 fully saturated rings. The van der Waals surface area contributed by atoms with Gasteiger partial charge in [-0.2, -0.15) is 0 Å². The Labute approximate surface area is 216 Å². The number of piperidine rings is 1. The van der Waals surface area contributed by atoms with Gasteiger partial charge in [-0.25, -0.2) is 0 Å². The van der Waals surface area contributed by atoms with Gasteiger partial charge in [0, 0.05) is 74.2 Å². The van der Waals surface area contributed by atoms with E-state index in [4.69, 9.17) is 16.3 Å². The quantitative estimate of drug-likeness (QED) is 0.431. The van der Waals surface area contributed by atoms with Crippen LogP contribution in [0.15, 0.2) is 66.0 Å². The van der Waals surface area contributed by atoms with Crippen LogP contribution in [-0.2, 0) is 17.8 Å². The summed E-state index contributed by atoms with van der Waals surface area (Å²) in [6, 6.07) is 20.7. The minimum Gasteiger partial charge on any atom is -0.490 e. The van der Waals surface area contributed by atoms with Crippen molar-refractivity contribution in [3.63, 3.8) is 0 Å². The van der Waals surface area contributed by atoms with Crippen molar-refractivity contribution in [3.8, 4) is 5.75 Å². The number of likely N-dealkylation sites (tertiary alicyclic amines) is 1. The summed E-state index contributed by atoms with van der Waals surface area (Å²) in [4.78, 5) is 20.5. The standard InChI is InChI=1S/C28H32ClN3O2S/c29-23-3-1-4-24(19-23)31-16-14-30(15-17-31)21-22-6-8-25(9-7-22)34-26-10-12-32(13-11-26)28(33)20-27-5-2-18-35-27/h1-9,18-19,26H,10-17,20-21H2. The Kier molecular flexibility index (Phi) is 7.92. The highest BCUT2D eigenvalue weighted by molar-refractivity contribution is 7.10. The van der Waals surface area contributed by atoms with Crippen LogP contribution < -0.4 is 9.64 Å². The summed E-state index contributed by atoms with van der Waals surface area (Å²) in [5.41, 5.74) is 2.51. The number of halogens is 1. The largest absolute Gasteiger partial charge is 0.490 e. The molecule has 1 amide bonds. The Hall–Kier alpha value is -2.54. The second kappa shape index (κ2) is 11.5. The zero-order valence-corrected chi connectivity index (χ0v) is 21.5. The summed E-state index contributed by atoms with van der Waals surface area (Å²) in [5.74, 6) is 1.14. The summed E-state index contributed by atoms with van der Waals surface area (Å²) in [6.45, 7) is 6.59. The summed E-state index contributed by atoms with van der Waals surface area (Å²) < 4.78 is 6.24. The smallest absolute Gasteiger partial charge is 0.227 e. The molecule has 0 unspecified atom stereocenters. The molecule has 2 aliphatic rings. The first-order valence-corrected chi connectivity index (χ1v) is 13.7. The van der Waals surface area contributed by atoms with Gasteiger partial charge in [-0.3, -0.25) is 9.69 Å². The van der Waals surface area contributed by atoms with Gasteiger partial charge in [-0.05, 0) is 47.3 Å². The van der Waals surface area contributed by atoms with E-state index in [-0.39, 0.29) is 12.0 Å². The SMILES string of the molecule is O=C(Cc1cccs1)N1CCC(Oc2ccc(CN3CCN(c4cccc(Cl)c4)CC3)cc2)CC1. The van der Waals surface area contributed by atoms with E-state index < -0.39 is 0 Å². The summed E-state index contributed by atoms with van der Waals surface area (Å²) >= 11 is 7.80. The van der Waals surface area contributed by atoms with Gasteiger partial charge in [0.15, 0.2) is 0 Å². The van der Waals surface area contributed by atoms with Crippen LogP contribution in [0.2, 0.25) is 5.02 Å². The number of anilines is 1. The lowest BCUT2D eigenvalue weighted by molar-refractivity contribution is -0.132. The van der Waals surface area contributed by atoms with Crippen molar-refractivity contribution >= 4 is 34.5 Å². The van der Waals surface area contributed by atoms with Crippen LogP contribution in [0.1, 0.15) is 23.3 Å². The number of carbonyl (C=O) groups is 1. The van der Waals surface area contributed by atoms with Gasteiger partial charge >= 0.3 is 0 Å². The molecular weight excluding hydrogens is 478 g/mol. The Bertz CT molecular complexity index is 1090. The van der Waals surface area contributed by atoms with E-state index in [1.54, 1.807) is 11.3 Å². The van der Waals surface area contributed by atoms with Gasteiger partial charge < -0.3 is 14.5 Å². The minimum absolute atomic E-state index is 0.172. The van der Waals surface area contributed by atoms with E-state index in [0.29, 0.717) is 6.42 Å². The van der Waals surface area contributed by atoms with E-state index in [1.807, 2.05) is 40.6 Å². The van der Waals surface area contributed by atoms with E-state index in [0.717, 1.165) is 74.3 Å². The van der Waals surface area contributed by atoms with Crippen molar-refractivity contribution < 1.29 is 9.53 Å². The van der Waals surface area contributed by atoms with E-state index >= 15 is 0 Å². The molecule has 5 rings (SSSR count). The maximum atomic E-state index is 12.5. The molecule has 0 atom stereocenters. The second-order valence-corrected chi connectivity index (χ2v) is 10.8. The van der Waals surface area contributed by atoms with Gasteiger partial charge in [-0.1, -0.05) is 35.9 Å². The molecule has 3 heterocycles. The molecule has 0 bridgehead atoms. The van der Waals surface area contributed by atoms with Crippen LogP contribution in [0, 0.1) is 0 Å². The number of nitrogens with zero attached hydrogens (tertiary/aromatic N) is 3. The van der Waals surface area contributed by atoms with E-state index in [9.17, 15) is 4.79 Å². The number of thiophene rings is 1. The highest BCUT2D eigenvalue weighted by Crippen LogP contribution is 2.23. The van der Waals surface area contributed by atoms with Crippen molar-refractivity contribution in [3.05, 3.63) is 81.5 Å². The van der Waals surface area contributed by atoms with Crippen LogP contribution in [-0.4, -0.2) is 61.1 Å². The third-order valence-corrected chi connectivity index (χ3v) is 7.99. The molecule has 2 aliphatic heterocycles. The molecule has 0 radical (unpaired) electrons. The van der Waals surface area contributed by atoms with E-state index in [2.05, 4.69) is 40.1 Å². The fourth-order valence-corrected chi connectivity index (χ4v) is 5.74. The molecule has 0 saturated carbocycles. The van der Waals surface area contributed by atoms with Gasteiger partial charge in [0.2, 0.25) is 5.91 Å². The lowest BCUT2D eigenvalue weighted by atomic mass is 10.1. The predicted octanol–water partition coefficient (Wildman–Crippen LogP) is 5.34. The second-order valence-electron chi connectivity index (χ2n) is 9.34. The molecule has 0 spiro atoms. The van der Waals surface area contributed by atoms with Crippen molar-refractivity contribution in [2.45, 2.75) is 31.9 Å². The Morgan fingerprint density at radius 2 is 1.71 bits per heavy atom. The van der Waals surface area contributed by atoms with Crippen LogP contribution in [0.4, 0.5) is 5.69 Å². The number of benzene rings is 2. The minimum atomic E-state index is 0.172. The first-order valence-electron chi connectivity index (χ1n) is 12.4. The maximum absolute atomic E-state index is 12.5. The number of hydrogen-bond acceptors (Lipinski definition) is 5. The monoisotopic (exact) mass is 509 g/mol. The number of hydrogen-bond donors (Lipinski definition) is 0. The molecule has 0 aliphatic carbocycles. The van der Waals surface area contributed by atoms with Gasteiger partial charge in [0.1, 0.15) is 11.9 Å². The van der Waals surface area contributed by atoms with Crippen LogP contribution >= 0.6 is 22.9 Å². The normalized spacial score (nSPS) is 17.5. The first-order chi connectivity index (χ1) is 17.1. The van der Waals surface area contributed by atoms with E-state index in [1.165, 1.54) is 11.3 Å². The lowest BCUT2D eigenvalue weighted by Crippen LogP contribution is -2.45. The number of carbonyl (C=O) groups excluding carboxylic acids is 1. The van der Waals surface area contributed by atoms with Crippen molar-refractivity contribution in [1.82, 2.24) is 9.80 Å². The van der Waals surface area contributed by atoms with Crippen LogP contribution in [0.5, 0.6) is 5.75 Å². The molecule has 5 nitrogen and oxygen atoms in total. The van der Waals surface area contributed by atoms with Crippen molar-refractivity contribution in [1.29, 1.82) is 0 Å². The van der Waals surface area contributed by atoms with Gasteiger partial charge in [0.25, 0.3) is 0 Å². The molecule has 0 N–H and O–H groups in total. The molecule has 2 saturated heterocycles. The molecule has 2 aromatic carbocycles. The first kappa shape index (κ1) is 24.2. The third kappa shape index (κ3) is 6.57. The average molecular weight is 510 g/mol. The number of amides is 1. The molecule has 3 aromatic rings. The van der Waals surface area contributed by atoms with Crippen molar-refractivity contribution in [2.24, 2.45) is 0 Å². The molecule has 1 aromatic heterocycles. The fraction of sp³-hybridized carbons (Fsp3) is 0.393. The zero-order valence-electron chi connectivity index (χ0n) is 19.9. The lowest BCUT2D eigenvalue weighted by Gasteiger charge is -2.36. The predicted molar refractivity (Wildman–Crippen MR) is 144 cm³/mol. The summed E-state index contributed by atoms with van der Waals surface area (Å²) in [5, 5.41) is 2.82. The Morgan fingerprint density at radius 1 is 0.943 bits per heavy atom. The van der Waals surface area contributed by atoms with Gasteiger partial charge in [-0.15, -0.1) is 11.3 Å². The zero-order chi connectivity index (χ0) is 24.0. The maximum Gasteiger partial charge on any atom is 0.227 e. The van der Waals surface area contributed by atoms with Gasteiger partial charge in [0.05, 0.1) is 6.42 Å². The molecule has 184 valence electrons.